The molecule has 5 heteroatoms. The van der Waals surface area contributed by atoms with Crippen molar-refractivity contribution in [3.8, 4) is 39.5 Å². The monoisotopic (exact) mass is 832 g/mol. The summed E-state index contributed by atoms with van der Waals surface area (Å²) < 4.78 is 16.3. The van der Waals surface area contributed by atoms with E-state index in [1.54, 1.807) is 17.4 Å². The standard InChI is InChI=1S/C58H44N2O2S/c1-4-17-40(5-2)60(50-24-14-12-23-45(50)39-18-8-6-9-19-39)43-28-30-47-49-32-33-51-57-48(31-34-52(58(49)57)62-54(47)37-43)46-29-27-42(36-53(46)61-51)59(41-20-10-7-11-21-41)35-16-26-55-38(3)44-22-13-15-25-56(44)63-55/h4-20,22-35,37,41,53H,1-3,21,36H2/b35-16+,40-17+,55-26+. The molecule has 304 valence electrons. The molecule has 63 heavy (non-hydrogen) atoms. The predicted molar refractivity (Wildman–Crippen MR) is 266 cm³/mol. The van der Waals surface area contributed by atoms with Crippen molar-refractivity contribution in [3.63, 3.8) is 0 Å². The first-order chi connectivity index (χ1) is 31.1. The van der Waals surface area contributed by atoms with Gasteiger partial charge in [-0.2, -0.15) is 0 Å². The number of hydrogen-bond donors (Lipinski definition) is 0. The molecule has 4 nitrogen and oxygen atoms in total. The van der Waals surface area contributed by atoms with Crippen LogP contribution in [0.15, 0.2) is 213 Å². The van der Waals surface area contributed by atoms with Gasteiger partial charge in [0.05, 0.1) is 11.7 Å². The predicted octanol–water partition coefficient (Wildman–Crippen LogP) is 13.9. The Morgan fingerprint density at radius 1 is 0.746 bits per heavy atom. The van der Waals surface area contributed by atoms with Gasteiger partial charge in [-0.1, -0.05) is 129 Å². The number of allylic oxidation sites excluding steroid dienone is 8. The largest absolute Gasteiger partial charge is 0.485 e. The fraction of sp³-hybridized carbons (Fsp3) is 0.0690. The van der Waals surface area contributed by atoms with E-state index in [2.05, 4.69) is 200 Å². The molecule has 6 aromatic carbocycles. The maximum Gasteiger partial charge on any atom is 0.137 e. The molecule has 7 aromatic rings. The van der Waals surface area contributed by atoms with Crippen molar-refractivity contribution in [1.82, 2.24) is 4.90 Å². The van der Waals surface area contributed by atoms with Crippen molar-refractivity contribution in [2.75, 3.05) is 4.90 Å². The van der Waals surface area contributed by atoms with Gasteiger partial charge in [0.2, 0.25) is 0 Å². The summed E-state index contributed by atoms with van der Waals surface area (Å²) in [5.41, 5.74) is 10.9. The van der Waals surface area contributed by atoms with Gasteiger partial charge in [-0.3, -0.25) is 0 Å². The first-order valence-electron chi connectivity index (χ1n) is 21.4. The van der Waals surface area contributed by atoms with Gasteiger partial charge in [0, 0.05) is 72.5 Å². The Bertz CT molecular complexity index is 3330. The van der Waals surface area contributed by atoms with Crippen molar-refractivity contribution in [2.45, 2.75) is 25.0 Å². The van der Waals surface area contributed by atoms with Crippen LogP contribution >= 0.6 is 11.3 Å². The number of rotatable bonds is 10. The summed E-state index contributed by atoms with van der Waals surface area (Å²) in [6, 6.07) is 42.8. The minimum Gasteiger partial charge on any atom is -0.485 e. The molecule has 0 saturated heterocycles. The molecule has 0 N–H and O–H groups in total. The lowest BCUT2D eigenvalue weighted by molar-refractivity contribution is 0.238. The highest BCUT2D eigenvalue weighted by Gasteiger charge is 2.34. The van der Waals surface area contributed by atoms with Crippen LogP contribution in [-0.4, -0.2) is 17.0 Å². The van der Waals surface area contributed by atoms with Crippen LogP contribution in [0.5, 0.6) is 17.2 Å². The normalized spacial score (nSPS) is 17.4. The molecule has 2 aliphatic heterocycles. The summed E-state index contributed by atoms with van der Waals surface area (Å²) >= 11 is 1.78. The van der Waals surface area contributed by atoms with E-state index in [1.807, 2.05) is 18.2 Å². The van der Waals surface area contributed by atoms with E-state index in [-0.39, 0.29) is 12.1 Å². The van der Waals surface area contributed by atoms with Gasteiger partial charge in [0.15, 0.2) is 0 Å². The fourth-order valence-electron chi connectivity index (χ4n) is 9.51. The average Bonchev–Trinajstić information content (AvgIpc) is 3.66. The Balaban J connectivity index is 0.956. The summed E-state index contributed by atoms with van der Waals surface area (Å²) in [4.78, 5) is 4.63. The van der Waals surface area contributed by atoms with Gasteiger partial charge < -0.3 is 19.3 Å². The van der Waals surface area contributed by atoms with E-state index < -0.39 is 0 Å². The third kappa shape index (κ3) is 6.69. The van der Waals surface area contributed by atoms with E-state index in [9.17, 15) is 0 Å². The number of fused-ring (bicyclic) bond motifs is 5. The second kappa shape index (κ2) is 16.0. The fourth-order valence-corrected chi connectivity index (χ4v) is 10.6. The average molecular weight is 833 g/mol. The molecule has 11 rings (SSSR count). The number of ether oxygens (including phenoxy) is 2. The van der Waals surface area contributed by atoms with Gasteiger partial charge in [-0.05, 0) is 107 Å². The molecule has 1 aromatic heterocycles. The van der Waals surface area contributed by atoms with Gasteiger partial charge >= 0.3 is 0 Å². The number of anilines is 2. The van der Waals surface area contributed by atoms with Crippen molar-refractivity contribution < 1.29 is 9.47 Å². The topological polar surface area (TPSA) is 24.9 Å². The zero-order valence-corrected chi connectivity index (χ0v) is 35.6. The highest BCUT2D eigenvalue weighted by atomic mass is 32.1. The van der Waals surface area contributed by atoms with Crippen LogP contribution in [-0.2, 0) is 0 Å². The maximum atomic E-state index is 6.98. The number of benzene rings is 6. The Hall–Kier alpha value is -7.60. The summed E-state index contributed by atoms with van der Waals surface area (Å²) in [5, 5.41) is 4.47. The number of hydrogen-bond acceptors (Lipinski definition) is 5. The smallest absolute Gasteiger partial charge is 0.137 e. The zero-order chi connectivity index (χ0) is 42.4. The van der Waals surface area contributed by atoms with Crippen LogP contribution in [0.1, 0.15) is 18.4 Å². The Morgan fingerprint density at radius 3 is 2.38 bits per heavy atom. The first-order valence-corrected chi connectivity index (χ1v) is 22.3. The SMILES string of the molecule is C=C/C=C(\C=C)N(c1ccc2c(c1)Oc1ccc3c4c(ccc-2c14)OC1CC(N(/C=C/C=c2/sc4ccccc4c2=C)C2C=CC=CC2)=CC=C31)c1ccccc1-c1ccccc1. The van der Waals surface area contributed by atoms with Gasteiger partial charge in [0.1, 0.15) is 23.4 Å². The van der Waals surface area contributed by atoms with Crippen molar-refractivity contribution in [3.05, 3.63) is 228 Å². The zero-order valence-electron chi connectivity index (χ0n) is 34.8. The molecule has 0 fully saturated rings. The molecule has 2 aliphatic carbocycles. The lowest BCUT2D eigenvalue weighted by atomic mass is 9.84. The molecule has 0 spiro atoms. The van der Waals surface area contributed by atoms with Crippen molar-refractivity contribution in [1.29, 1.82) is 0 Å². The molecule has 2 atom stereocenters. The Kier molecular flexibility index (Phi) is 9.75. The molecule has 0 amide bonds. The van der Waals surface area contributed by atoms with Crippen molar-refractivity contribution in [2.24, 2.45) is 0 Å². The second-order valence-electron chi connectivity index (χ2n) is 16.1. The maximum absolute atomic E-state index is 6.98. The van der Waals surface area contributed by atoms with E-state index in [0.29, 0.717) is 0 Å². The van der Waals surface area contributed by atoms with Crippen LogP contribution < -0.4 is 24.1 Å². The number of para-hydroxylation sites is 1. The van der Waals surface area contributed by atoms with Crippen LogP contribution in [0.3, 0.4) is 0 Å². The molecule has 3 heterocycles. The number of thiophene rings is 1. The second-order valence-corrected chi connectivity index (χ2v) is 17.2. The molecular weight excluding hydrogens is 789 g/mol. The molecule has 0 saturated carbocycles. The van der Waals surface area contributed by atoms with Gasteiger partial charge in [-0.15, -0.1) is 11.3 Å². The van der Waals surface area contributed by atoms with E-state index >= 15 is 0 Å². The van der Waals surface area contributed by atoms with Crippen LogP contribution in [0.4, 0.5) is 11.4 Å². The lowest BCUT2D eigenvalue weighted by Crippen LogP contribution is -2.34. The quantitative estimate of drug-likeness (QED) is 0.128. The highest BCUT2D eigenvalue weighted by molar-refractivity contribution is 7.17. The van der Waals surface area contributed by atoms with Gasteiger partial charge in [0.25, 0.3) is 0 Å². The third-order valence-electron chi connectivity index (χ3n) is 12.5. The van der Waals surface area contributed by atoms with Crippen molar-refractivity contribution >= 4 is 61.8 Å². The van der Waals surface area contributed by atoms with E-state index in [0.717, 1.165) is 85.4 Å². The summed E-state index contributed by atoms with van der Waals surface area (Å²) in [7, 11) is 0. The van der Waals surface area contributed by atoms with E-state index in [4.69, 9.17) is 9.47 Å². The lowest BCUT2D eigenvalue weighted by Gasteiger charge is -2.38. The Labute approximate surface area is 372 Å². The minimum atomic E-state index is -0.124. The van der Waals surface area contributed by atoms with Crippen LogP contribution in [0.25, 0.3) is 61.3 Å². The van der Waals surface area contributed by atoms with Crippen LogP contribution in [0, 0.1) is 0 Å². The minimum absolute atomic E-state index is 0.124. The summed E-state index contributed by atoms with van der Waals surface area (Å²) in [6.45, 7) is 12.6. The molecule has 0 radical (unpaired) electrons. The molecule has 0 bridgehead atoms. The first kappa shape index (κ1) is 38.3. The Morgan fingerprint density at radius 2 is 1.54 bits per heavy atom. The van der Waals surface area contributed by atoms with E-state index in [1.165, 1.54) is 31.5 Å². The summed E-state index contributed by atoms with van der Waals surface area (Å²) in [5.74, 6) is 2.50. The number of nitrogens with zero attached hydrogens (tertiary/aromatic N) is 2. The molecular formula is C58H44N2O2S. The van der Waals surface area contributed by atoms with Gasteiger partial charge in [-0.25, -0.2) is 0 Å². The molecule has 4 aliphatic rings. The highest BCUT2D eigenvalue weighted by Crippen LogP contribution is 2.54. The third-order valence-corrected chi connectivity index (χ3v) is 13.6. The molecule has 2 unspecified atom stereocenters. The summed E-state index contributed by atoms with van der Waals surface area (Å²) in [6.07, 6.45) is 27.2. The van der Waals surface area contributed by atoms with Crippen LogP contribution in [0.2, 0.25) is 0 Å².